The summed E-state index contributed by atoms with van der Waals surface area (Å²) in [5.74, 6) is -7.76. The molecule has 12 bridgehead atoms. The van der Waals surface area contributed by atoms with Gasteiger partial charge in [0.1, 0.15) is 78.4 Å². The highest BCUT2D eigenvalue weighted by molar-refractivity contribution is 5.98. The molecular weight excluding hydrogens is 1450 g/mol. The van der Waals surface area contributed by atoms with Crippen LogP contribution in [0.4, 0.5) is 26.3 Å². The quantitative estimate of drug-likeness (QED) is 0.0551. The molecule has 6 aliphatic heterocycles. The van der Waals surface area contributed by atoms with E-state index in [0.717, 1.165) is 36.4 Å². The molecular formula is C74H92F6N16O14. The minimum atomic E-state index is -4.83. The minimum absolute atomic E-state index is 0.0626. The van der Waals surface area contributed by atoms with Crippen LogP contribution in [-0.4, -0.2) is 202 Å². The maximum absolute atomic E-state index is 15.1. The Balaban J connectivity index is 1.07. The van der Waals surface area contributed by atoms with Gasteiger partial charge in [-0.25, -0.2) is 14.2 Å². The van der Waals surface area contributed by atoms with E-state index in [-0.39, 0.29) is 86.0 Å². The number of likely N-dealkylation sites (tertiary alicyclic amines) is 2. The molecule has 0 spiro atoms. The molecule has 36 heteroatoms. The summed E-state index contributed by atoms with van der Waals surface area (Å²) in [5.41, 5.74) is -3.12. The van der Waals surface area contributed by atoms with Gasteiger partial charge in [0.05, 0.1) is 53.7 Å². The number of ether oxygens (including phenoxy) is 2. The number of aliphatic carboxylic acids is 1. The van der Waals surface area contributed by atoms with E-state index >= 15 is 19.2 Å². The van der Waals surface area contributed by atoms with Crippen LogP contribution in [0.1, 0.15) is 125 Å². The summed E-state index contributed by atoms with van der Waals surface area (Å²) in [6, 6.07) is 4.50. The van der Waals surface area contributed by atoms with Crippen LogP contribution < -0.4 is 52.0 Å². The predicted molar refractivity (Wildman–Crippen MR) is 381 cm³/mol. The van der Waals surface area contributed by atoms with Gasteiger partial charge in [0.25, 0.3) is 0 Å². The summed E-state index contributed by atoms with van der Waals surface area (Å²) in [7, 11) is 3.08. The summed E-state index contributed by atoms with van der Waals surface area (Å²) in [4.78, 5) is 132. The molecule has 12 rings (SSSR count). The van der Waals surface area contributed by atoms with E-state index in [9.17, 15) is 65.6 Å². The van der Waals surface area contributed by atoms with Crippen molar-refractivity contribution in [3.05, 3.63) is 154 Å². The van der Waals surface area contributed by atoms with Crippen LogP contribution in [0.25, 0.3) is 0 Å². The number of nitrogens with zero attached hydrogens (tertiary/aromatic N) is 8. The molecule has 2 fully saturated rings. The van der Waals surface area contributed by atoms with Gasteiger partial charge < -0.3 is 77.1 Å². The minimum Gasteiger partial charge on any atom is -0.487 e. The van der Waals surface area contributed by atoms with Crippen molar-refractivity contribution < 1.29 is 94.3 Å². The Hall–Kier alpha value is -10.6. The number of alkyl halides is 6. The number of carboxylic acids is 1. The number of nitrogens with one attached hydrogen (secondary N) is 8. The number of benzene rings is 4. The lowest BCUT2D eigenvalue weighted by Gasteiger charge is -2.36. The average molecular weight is 1540 g/mol. The largest absolute Gasteiger partial charge is 0.487 e. The maximum Gasteiger partial charge on any atom is 0.416 e. The van der Waals surface area contributed by atoms with Gasteiger partial charge >= 0.3 is 18.3 Å². The van der Waals surface area contributed by atoms with E-state index in [4.69, 9.17) is 9.47 Å². The highest BCUT2D eigenvalue weighted by Crippen LogP contribution is 2.36. The molecule has 8 amide bonds. The van der Waals surface area contributed by atoms with Crippen molar-refractivity contribution in [3.63, 3.8) is 0 Å². The summed E-state index contributed by atoms with van der Waals surface area (Å²) < 4.78 is 100. The molecule has 6 aromatic rings. The Bertz CT molecular complexity index is 4280. The topological polar surface area (TPSA) is 397 Å². The van der Waals surface area contributed by atoms with Crippen LogP contribution in [-0.2, 0) is 94.4 Å². The third-order valence-corrected chi connectivity index (χ3v) is 19.5. The van der Waals surface area contributed by atoms with Crippen LogP contribution in [0, 0.1) is 10.8 Å². The summed E-state index contributed by atoms with van der Waals surface area (Å²) in [6.07, 6.45) is -11.3. The highest BCUT2D eigenvalue weighted by Gasteiger charge is 2.49. The lowest BCUT2D eigenvalue weighted by atomic mass is 9.85. The third kappa shape index (κ3) is 21.5. The molecule has 0 aliphatic carbocycles. The normalized spacial score (nSPS) is 22.0. The van der Waals surface area contributed by atoms with Gasteiger partial charge in [-0.05, 0) is 104 Å². The van der Waals surface area contributed by atoms with Gasteiger partial charge in [-0.3, -0.25) is 38.4 Å². The number of amides is 8. The van der Waals surface area contributed by atoms with Crippen molar-refractivity contribution in [1.82, 2.24) is 82.3 Å². The number of aromatic nitrogens is 6. The fourth-order valence-electron chi connectivity index (χ4n) is 12.9. The smallest absolute Gasteiger partial charge is 0.416 e. The zero-order valence-electron chi connectivity index (χ0n) is 62.1. The van der Waals surface area contributed by atoms with Crippen molar-refractivity contribution in [2.45, 2.75) is 198 Å². The van der Waals surface area contributed by atoms with Crippen molar-refractivity contribution in [2.75, 3.05) is 27.2 Å². The lowest BCUT2D eigenvalue weighted by Crippen LogP contribution is -2.61. The van der Waals surface area contributed by atoms with E-state index < -0.39 is 179 Å². The van der Waals surface area contributed by atoms with Gasteiger partial charge in [0, 0.05) is 45.2 Å². The fourth-order valence-corrected chi connectivity index (χ4v) is 12.9. The number of likely N-dealkylation sites (N-methyl/N-ethyl adjacent to an activating group) is 2. The van der Waals surface area contributed by atoms with E-state index in [0.29, 0.717) is 11.1 Å². The molecule has 2 saturated heterocycles. The van der Waals surface area contributed by atoms with Crippen LogP contribution >= 0.6 is 0 Å². The summed E-state index contributed by atoms with van der Waals surface area (Å²) in [6.45, 7) is 12.3. The SMILES string of the molecule is CNC(C)C(=O)NC(C(=O)N1CC2CC1C(=O)NC(Cc1cccc(C(F)(F)F)c1)C(=O)NC(C(=O)O)Cc1ccc(cc1)OCc1cn(nn1)C1CC(C(=O)NC(Cc3cccc(C(F)(F)F)c3)C(=O)NC(C(O)O)Cc3ccc(cc3)OCc3cn2nn3)N(C(=O)C(NC(=O)C(C)NC)C(C)(C)C)C1)C(C)(C)C. The number of hydrogen-bond donors (Lipinski definition) is 11. The van der Waals surface area contributed by atoms with E-state index in [1.165, 1.54) is 99.3 Å². The van der Waals surface area contributed by atoms with Gasteiger partial charge in [0.2, 0.25) is 47.3 Å². The van der Waals surface area contributed by atoms with Crippen molar-refractivity contribution in [1.29, 1.82) is 0 Å². The molecule has 4 aromatic carbocycles. The van der Waals surface area contributed by atoms with E-state index in [1.807, 2.05) is 0 Å². The lowest BCUT2D eigenvalue weighted by molar-refractivity contribution is -0.145. The second-order valence-corrected chi connectivity index (χ2v) is 29.9. The predicted octanol–water partition coefficient (Wildman–Crippen LogP) is 3.25. The standard InChI is InChI=1S/C74H92F6N16O14/c1-39(81-9)61(97)87-59(71(3,4)5)67(103)93-35-49-31-57(93)65(101)83-53(29-43-13-11-15-45(25-43)73(75,76)77)63(99)85-55(69(105)106)27-41-19-23-52(24-20-41)110-38-48-34-96(92-90-48)50-32-58(94(36-50)68(104)60(72(6,7)8)88-62(98)40(2)82-10)66(102)84-54(30-44-14-12-16-46(26-44)74(78,79)80)64(100)86-56(70(107)108)28-42-17-21-51(22-18-42)109-37-47-33-95(49)91-89-47/h11-26,33-34,39-40,49-50,53-60,69,81-82,105-106H,27-32,35-38H2,1-10H3,(H,83,101)(H,84,102)(H,85,99)(H,86,100)(H,87,97)(H,88,98)(H,107,108). The van der Waals surface area contributed by atoms with Gasteiger partial charge in [-0.1, -0.05) is 113 Å². The zero-order valence-corrected chi connectivity index (χ0v) is 62.1. The second-order valence-electron chi connectivity index (χ2n) is 29.9. The molecule has 110 heavy (non-hydrogen) atoms. The molecule has 594 valence electrons. The number of carboxylic acid groups (broad SMARTS) is 1. The first-order valence-electron chi connectivity index (χ1n) is 35.6. The van der Waals surface area contributed by atoms with Gasteiger partial charge in [-0.15, -0.1) is 10.2 Å². The Labute approximate surface area is 629 Å². The van der Waals surface area contributed by atoms with Crippen molar-refractivity contribution >= 4 is 53.2 Å². The van der Waals surface area contributed by atoms with Crippen LogP contribution in [0.3, 0.4) is 0 Å². The maximum atomic E-state index is 15.1. The van der Waals surface area contributed by atoms with Gasteiger partial charge in [0.15, 0.2) is 6.29 Å². The number of aliphatic hydroxyl groups is 2. The first-order valence-corrected chi connectivity index (χ1v) is 35.6. The Morgan fingerprint density at radius 3 is 1.31 bits per heavy atom. The molecule has 0 radical (unpaired) electrons. The fraction of sp³-hybridized carbons (Fsp3) is 0.500. The second kappa shape index (κ2) is 35.0. The van der Waals surface area contributed by atoms with E-state index in [2.05, 4.69) is 63.2 Å². The molecule has 12 atom stereocenters. The van der Waals surface area contributed by atoms with Crippen molar-refractivity contribution in [2.24, 2.45) is 10.8 Å². The number of rotatable bonds is 14. The first-order chi connectivity index (χ1) is 51.7. The monoisotopic (exact) mass is 1540 g/mol. The summed E-state index contributed by atoms with van der Waals surface area (Å²) in [5, 5.41) is 70.9. The molecule has 11 N–H and O–H groups in total. The highest BCUT2D eigenvalue weighted by atomic mass is 19.4. The average Bonchev–Trinajstić information content (AvgIpc) is 1.67. The molecule has 30 nitrogen and oxygen atoms in total. The van der Waals surface area contributed by atoms with Crippen molar-refractivity contribution in [3.8, 4) is 11.5 Å². The van der Waals surface area contributed by atoms with Gasteiger partial charge in [-0.2, -0.15) is 26.3 Å². The number of carbonyl (C=O) groups is 9. The van der Waals surface area contributed by atoms with E-state index in [1.54, 1.807) is 62.4 Å². The first kappa shape index (κ1) is 83.4. The number of halogens is 6. The number of hydrogen-bond acceptors (Lipinski definition) is 19. The molecule has 8 heterocycles. The third-order valence-electron chi connectivity index (χ3n) is 19.5. The Morgan fingerprint density at radius 2 is 0.945 bits per heavy atom. The Morgan fingerprint density at radius 1 is 0.555 bits per heavy atom. The molecule has 6 aliphatic rings. The van der Waals surface area contributed by atoms with Crippen LogP contribution in [0.15, 0.2) is 109 Å². The number of aliphatic hydroxyl groups excluding tert-OH is 1. The summed E-state index contributed by atoms with van der Waals surface area (Å²) >= 11 is 0. The zero-order chi connectivity index (χ0) is 80.5. The number of carbonyl (C=O) groups excluding carboxylic acids is 8. The molecule has 12 unspecified atom stereocenters. The molecule has 0 saturated carbocycles. The van der Waals surface area contributed by atoms with Crippen LogP contribution in [0.5, 0.6) is 11.5 Å². The Kier molecular flexibility index (Phi) is 26.5. The van der Waals surface area contributed by atoms with Crippen LogP contribution in [0.2, 0.25) is 0 Å². The molecule has 2 aromatic heterocycles.